The van der Waals surface area contributed by atoms with Crippen molar-refractivity contribution in [1.29, 1.82) is 0 Å². The average Bonchev–Trinajstić information content (AvgIpc) is 2.79. The molecule has 3 heterocycles. The van der Waals surface area contributed by atoms with Crippen LogP contribution < -0.4 is 4.90 Å². The zero-order chi connectivity index (χ0) is 15.0. The van der Waals surface area contributed by atoms with Crippen LogP contribution in [0.25, 0.3) is 5.65 Å². The molecule has 0 saturated carbocycles. The van der Waals surface area contributed by atoms with Gasteiger partial charge in [0.15, 0.2) is 11.5 Å². The topological polar surface area (TPSA) is 69.8 Å². The second kappa shape index (κ2) is 5.23. The van der Waals surface area contributed by atoms with Crippen molar-refractivity contribution in [3.63, 3.8) is 0 Å². The van der Waals surface area contributed by atoms with Gasteiger partial charge in [0, 0.05) is 32.7 Å². The number of aromatic nitrogens is 4. The summed E-state index contributed by atoms with van der Waals surface area (Å²) in [7, 11) is 0. The molecule has 7 heteroatoms. The minimum absolute atomic E-state index is 0.640. The zero-order valence-electron chi connectivity index (χ0n) is 12.8. The lowest BCUT2D eigenvalue weighted by Crippen LogP contribution is -2.50. The minimum Gasteiger partial charge on any atom is -0.389 e. The summed E-state index contributed by atoms with van der Waals surface area (Å²) in [6.07, 6.45) is 0. The molecular formula is C14H22N6O. The summed E-state index contributed by atoms with van der Waals surface area (Å²) in [5.41, 5.74) is 0.135. The lowest BCUT2D eigenvalue weighted by molar-refractivity contribution is 0.0344. The Morgan fingerprint density at radius 1 is 1.14 bits per heavy atom. The highest BCUT2D eigenvalue weighted by molar-refractivity contribution is 5.46. The van der Waals surface area contributed by atoms with Crippen molar-refractivity contribution in [1.82, 2.24) is 24.7 Å². The smallest absolute Gasteiger partial charge is 0.178 e. The molecule has 2 aromatic heterocycles. The van der Waals surface area contributed by atoms with Crippen LogP contribution in [-0.4, -0.2) is 68.1 Å². The number of β-amino-alcohol motifs (C(OH)–C–C–N with tert-alkyl or cyclic N) is 1. The molecule has 0 unspecified atom stereocenters. The van der Waals surface area contributed by atoms with Crippen molar-refractivity contribution < 1.29 is 5.11 Å². The fraction of sp³-hybridized carbons (Fsp3) is 0.643. The summed E-state index contributed by atoms with van der Waals surface area (Å²) in [4.78, 5) is 4.55. The van der Waals surface area contributed by atoms with Crippen LogP contribution in [0.4, 0.5) is 5.82 Å². The van der Waals surface area contributed by atoms with Gasteiger partial charge in [-0.2, -0.15) is 4.52 Å². The molecule has 0 bridgehead atoms. The number of aryl methyl sites for hydroxylation is 1. The van der Waals surface area contributed by atoms with Gasteiger partial charge in [-0.05, 0) is 32.9 Å². The first-order valence-electron chi connectivity index (χ1n) is 7.31. The maximum absolute atomic E-state index is 9.89. The van der Waals surface area contributed by atoms with Gasteiger partial charge in [0.25, 0.3) is 0 Å². The van der Waals surface area contributed by atoms with E-state index < -0.39 is 5.60 Å². The molecule has 114 valence electrons. The van der Waals surface area contributed by atoms with Gasteiger partial charge in [0.05, 0.1) is 5.60 Å². The van der Waals surface area contributed by atoms with E-state index in [4.69, 9.17) is 0 Å². The molecule has 0 spiro atoms. The van der Waals surface area contributed by atoms with Crippen LogP contribution in [0.2, 0.25) is 0 Å². The summed E-state index contributed by atoms with van der Waals surface area (Å²) < 4.78 is 1.78. The van der Waals surface area contributed by atoms with E-state index in [1.54, 1.807) is 4.52 Å². The summed E-state index contributed by atoms with van der Waals surface area (Å²) in [5, 5.41) is 22.6. The third-order valence-corrected chi connectivity index (χ3v) is 3.71. The van der Waals surface area contributed by atoms with E-state index in [-0.39, 0.29) is 0 Å². The Labute approximate surface area is 124 Å². The van der Waals surface area contributed by atoms with Gasteiger partial charge >= 0.3 is 0 Å². The predicted octanol–water partition coefficient (Wildman–Crippen LogP) is 0.326. The highest BCUT2D eigenvalue weighted by Crippen LogP contribution is 2.16. The number of piperazine rings is 1. The molecule has 0 aromatic carbocycles. The molecule has 1 aliphatic rings. The molecule has 1 aliphatic heterocycles. The number of anilines is 1. The quantitative estimate of drug-likeness (QED) is 0.878. The van der Waals surface area contributed by atoms with Gasteiger partial charge in [-0.3, -0.25) is 4.90 Å². The van der Waals surface area contributed by atoms with E-state index in [2.05, 4.69) is 25.1 Å². The van der Waals surface area contributed by atoms with E-state index in [9.17, 15) is 5.11 Å². The second-order valence-corrected chi connectivity index (χ2v) is 6.28. The van der Waals surface area contributed by atoms with Crippen molar-refractivity contribution in [2.75, 3.05) is 37.6 Å². The minimum atomic E-state index is -0.640. The fourth-order valence-electron chi connectivity index (χ4n) is 2.74. The Balaban J connectivity index is 1.69. The lowest BCUT2D eigenvalue weighted by atomic mass is 10.1. The zero-order valence-corrected chi connectivity index (χ0v) is 12.8. The molecule has 0 atom stereocenters. The molecule has 2 aromatic rings. The Morgan fingerprint density at radius 2 is 1.86 bits per heavy atom. The third-order valence-electron chi connectivity index (χ3n) is 3.71. The monoisotopic (exact) mass is 290 g/mol. The molecule has 21 heavy (non-hydrogen) atoms. The first-order valence-corrected chi connectivity index (χ1v) is 7.31. The lowest BCUT2D eigenvalue weighted by Gasteiger charge is -2.37. The molecule has 1 saturated heterocycles. The SMILES string of the molecule is Cc1nnc2ccc(N3CCN(CC(C)(C)O)CC3)nn12. The molecule has 7 nitrogen and oxygen atoms in total. The van der Waals surface area contributed by atoms with Crippen LogP contribution in [0.15, 0.2) is 12.1 Å². The van der Waals surface area contributed by atoms with Crippen molar-refractivity contribution in [2.24, 2.45) is 0 Å². The van der Waals surface area contributed by atoms with E-state index in [1.807, 2.05) is 32.9 Å². The summed E-state index contributed by atoms with van der Waals surface area (Å²) >= 11 is 0. The van der Waals surface area contributed by atoms with E-state index in [1.165, 1.54) is 0 Å². The molecule has 0 radical (unpaired) electrons. The molecule has 3 rings (SSSR count). The van der Waals surface area contributed by atoms with E-state index in [0.29, 0.717) is 6.54 Å². The van der Waals surface area contributed by atoms with Gasteiger partial charge in [-0.1, -0.05) is 0 Å². The Morgan fingerprint density at radius 3 is 2.52 bits per heavy atom. The van der Waals surface area contributed by atoms with Gasteiger partial charge in [0.2, 0.25) is 0 Å². The van der Waals surface area contributed by atoms with Gasteiger partial charge in [0.1, 0.15) is 5.82 Å². The standard InChI is InChI=1S/C14H22N6O/c1-11-15-16-12-4-5-13(17-20(11)12)19-8-6-18(7-9-19)10-14(2,3)21/h4-5,21H,6-10H2,1-3H3. The normalized spacial score (nSPS) is 17.6. The van der Waals surface area contributed by atoms with Crippen LogP contribution in [0.3, 0.4) is 0 Å². The van der Waals surface area contributed by atoms with Gasteiger partial charge in [-0.25, -0.2) is 0 Å². The van der Waals surface area contributed by atoms with Gasteiger partial charge in [-0.15, -0.1) is 15.3 Å². The van der Waals surface area contributed by atoms with Crippen LogP contribution in [0.1, 0.15) is 19.7 Å². The number of fused-ring (bicyclic) bond motifs is 1. The Hall–Kier alpha value is -1.73. The second-order valence-electron chi connectivity index (χ2n) is 6.28. The highest BCUT2D eigenvalue weighted by atomic mass is 16.3. The van der Waals surface area contributed by atoms with Crippen molar-refractivity contribution >= 4 is 11.5 Å². The first kappa shape index (κ1) is 14.2. The summed E-state index contributed by atoms with van der Waals surface area (Å²) in [6.45, 7) is 10.0. The van der Waals surface area contributed by atoms with Crippen LogP contribution in [0, 0.1) is 6.92 Å². The highest BCUT2D eigenvalue weighted by Gasteiger charge is 2.23. The summed E-state index contributed by atoms with van der Waals surface area (Å²) in [5.74, 6) is 1.75. The van der Waals surface area contributed by atoms with E-state index in [0.717, 1.165) is 43.5 Å². The molecule has 0 aliphatic carbocycles. The number of nitrogens with zero attached hydrogens (tertiary/aromatic N) is 6. The fourth-order valence-corrected chi connectivity index (χ4v) is 2.74. The number of hydrogen-bond acceptors (Lipinski definition) is 6. The Bertz CT molecular complexity index is 624. The predicted molar refractivity (Wildman–Crippen MR) is 80.5 cm³/mol. The molecular weight excluding hydrogens is 268 g/mol. The third kappa shape index (κ3) is 3.14. The van der Waals surface area contributed by atoms with Crippen LogP contribution in [0.5, 0.6) is 0 Å². The first-order chi connectivity index (χ1) is 9.92. The van der Waals surface area contributed by atoms with E-state index >= 15 is 0 Å². The molecule has 1 N–H and O–H groups in total. The summed E-state index contributed by atoms with van der Waals surface area (Å²) in [6, 6.07) is 3.95. The van der Waals surface area contributed by atoms with Crippen molar-refractivity contribution in [3.05, 3.63) is 18.0 Å². The number of aliphatic hydroxyl groups is 1. The largest absolute Gasteiger partial charge is 0.389 e. The maximum atomic E-state index is 9.89. The van der Waals surface area contributed by atoms with Crippen LogP contribution in [-0.2, 0) is 0 Å². The average molecular weight is 290 g/mol. The van der Waals surface area contributed by atoms with Crippen molar-refractivity contribution in [3.8, 4) is 0 Å². The Kier molecular flexibility index (Phi) is 3.54. The maximum Gasteiger partial charge on any atom is 0.178 e. The number of hydrogen-bond donors (Lipinski definition) is 1. The molecule has 1 fully saturated rings. The molecule has 0 amide bonds. The van der Waals surface area contributed by atoms with Crippen LogP contribution >= 0.6 is 0 Å². The van der Waals surface area contributed by atoms with Gasteiger partial charge < -0.3 is 10.0 Å². The van der Waals surface area contributed by atoms with Crippen molar-refractivity contribution in [2.45, 2.75) is 26.4 Å². The number of rotatable bonds is 3.